The summed E-state index contributed by atoms with van der Waals surface area (Å²) in [4.78, 5) is 103. The van der Waals surface area contributed by atoms with Crippen LogP contribution < -0.4 is 59.2 Å². The van der Waals surface area contributed by atoms with Gasteiger partial charge in [-0.05, 0) is 146 Å². The number of halogens is 4. The molecular formula is C87H57F4N19O12. The third kappa shape index (κ3) is 20.5. The van der Waals surface area contributed by atoms with Gasteiger partial charge in [0.1, 0.15) is 52.7 Å². The number of carbonyl (C=O) groups excluding carboxylic acids is 4. The van der Waals surface area contributed by atoms with E-state index in [4.69, 9.17) is 53.7 Å². The van der Waals surface area contributed by atoms with E-state index in [1.807, 2.05) is 18.2 Å². The minimum Gasteiger partial charge on any atom is -0.493 e. The molecule has 16 aromatic rings. The molecule has 0 aliphatic rings. The molecular weight excluding hydrogens is 1580 g/mol. The van der Waals surface area contributed by atoms with Crippen molar-refractivity contribution in [2.75, 3.05) is 49.7 Å². The number of anilines is 4. The van der Waals surface area contributed by atoms with Gasteiger partial charge < -0.3 is 59.2 Å². The van der Waals surface area contributed by atoms with Crippen molar-refractivity contribution in [2.24, 2.45) is 0 Å². The van der Waals surface area contributed by atoms with Crippen LogP contribution in [0.5, 0.6) is 69.5 Å². The molecule has 35 heteroatoms. The van der Waals surface area contributed by atoms with E-state index in [2.05, 4.69) is 81.1 Å². The zero-order chi connectivity index (χ0) is 85.6. The molecule has 0 saturated heterocycles. The summed E-state index contributed by atoms with van der Waals surface area (Å²) in [6, 6.07) is 61.1. The summed E-state index contributed by atoms with van der Waals surface area (Å²) in [5.41, 5.74) is 5.54. The monoisotopic (exact) mass is 1640 g/mol. The Balaban J connectivity index is 0.000000140. The van der Waals surface area contributed by atoms with Crippen molar-refractivity contribution in [3.05, 3.63) is 312 Å². The van der Waals surface area contributed by atoms with Gasteiger partial charge in [0, 0.05) is 54.7 Å². The fraction of sp³-hybridized carbons (Fsp3) is 0.0460. The lowest BCUT2D eigenvalue weighted by Crippen LogP contribution is -2.17. The first-order valence-corrected chi connectivity index (χ1v) is 35.7. The standard InChI is InChI=1S/3C22H14FN5O3.C21H15FN4O3/c1-30-18-10-14(23)7-8-17(18)31-22-20(26-15-4-2-3-5-16(15)27-22)21(29)28-19-9-6-13(11-24)12-25-19;1-30-19-10-13(23)6-9-18(19)31-22-20(27-16-4-2-3-5-17(16)28-22)21(29)26-15-8-7-14(11-24)25-12-15;1-30-18-11-14(23)6-7-17(18)31-22-20(26-15-4-2-3-5-16(15)27-22)21(29)28-19-10-13(12-24)8-9-25-19;1-28-18-12-13(22)6-7-17(18)29-21-19(20(27)24-14-8-10-23-11-9-14)25-15-4-2-3-5-16(15)26-21/h2-10,12H,1H3,(H,25,28,29);2-10,12H,1H3,(H,26,29);2-11H,1H3,(H,25,28,29);2-12H,1H3,(H,23,24,27). The minimum absolute atomic E-state index is 0.0214. The zero-order valence-corrected chi connectivity index (χ0v) is 63.8. The molecule has 0 saturated carbocycles. The molecule has 0 atom stereocenters. The molecule has 0 bridgehead atoms. The molecule has 4 amide bonds. The van der Waals surface area contributed by atoms with Crippen LogP contribution in [-0.2, 0) is 0 Å². The minimum atomic E-state index is -0.642. The summed E-state index contributed by atoms with van der Waals surface area (Å²) in [7, 11) is 5.51. The van der Waals surface area contributed by atoms with Gasteiger partial charge in [-0.1, -0.05) is 48.5 Å². The van der Waals surface area contributed by atoms with Gasteiger partial charge in [0.05, 0.1) is 102 Å². The molecule has 0 aliphatic heterocycles. The molecule has 8 heterocycles. The van der Waals surface area contributed by atoms with Gasteiger partial charge in [-0.3, -0.25) is 24.2 Å². The largest absolute Gasteiger partial charge is 0.493 e. The molecule has 8 aromatic carbocycles. The van der Waals surface area contributed by atoms with Crippen LogP contribution in [0.4, 0.5) is 40.6 Å². The molecule has 122 heavy (non-hydrogen) atoms. The average Bonchev–Trinajstić information content (AvgIpc) is 0.805. The second kappa shape index (κ2) is 38.6. The van der Waals surface area contributed by atoms with E-state index in [1.165, 1.54) is 132 Å². The van der Waals surface area contributed by atoms with E-state index in [0.717, 1.165) is 18.2 Å². The van der Waals surface area contributed by atoms with Crippen LogP contribution in [0.25, 0.3) is 44.1 Å². The fourth-order valence-corrected chi connectivity index (χ4v) is 10.9. The number of benzene rings is 8. The number of nitriles is 3. The number of carbonyl (C=O) groups is 4. The first-order chi connectivity index (χ1) is 59.3. The second-order valence-corrected chi connectivity index (χ2v) is 24.7. The number of para-hydroxylation sites is 8. The summed E-state index contributed by atoms with van der Waals surface area (Å²) in [6.07, 6.45) is 7.21. The summed E-state index contributed by atoms with van der Waals surface area (Å²) in [5, 5.41) is 37.4. The highest BCUT2D eigenvalue weighted by atomic mass is 19.1. The molecule has 31 nitrogen and oxygen atoms in total. The molecule has 8 aromatic heterocycles. The maximum atomic E-state index is 13.5. The molecule has 0 unspecified atom stereocenters. The number of nitrogens with one attached hydrogen (secondary N) is 4. The van der Waals surface area contributed by atoms with E-state index < -0.39 is 46.9 Å². The first kappa shape index (κ1) is 82.2. The SMILES string of the molecule is COc1cc(F)ccc1Oc1nc2ccccc2nc1C(=O)Nc1cc(C#N)ccn1.COc1cc(F)ccc1Oc1nc2ccccc2nc1C(=O)Nc1ccc(C#N)cn1.COc1cc(F)ccc1Oc1nc2ccccc2nc1C(=O)Nc1ccc(C#N)nc1.COc1cc(F)ccc1Oc1nc2ccccc2nc1C(=O)Nc1ccncc1. The Morgan fingerprint density at radius 2 is 0.648 bits per heavy atom. The van der Waals surface area contributed by atoms with E-state index in [0.29, 0.717) is 66.6 Å². The quantitative estimate of drug-likeness (QED) is 0.0515. The van der Waals surface area contributed by atoms with Gasteiger partial charge in [0.2, 0.25) is 0 Å². The van der Waals surface area contributed by atoms with Crippen LogP contribution in [0, 0.1) is 57.3 Å². The van der Waals surface area contributed by atoms with Gasteiger partial charge >= 0.3 is 0 Å². The normalized spacial score (nSPS) is 10.4. The number of hydrogen-bond acceptors (Lipinski definition) is 27. The third-order valence-corrected chi connectivity index (χ3v) is 16.7. The van der Waals surface area contributed by atoms with Crippen molar-refractivity contribution in [3.8, 4) is 87.7 Å². The Morgan fingerprint density at radius 3 is 0.967 bits per heavy atom. The molecule has 0 aliphatic carbocycles. The van der Waals surface area contributed by atoms with Crippen molar-refractivity contribution in [2.45, 2.75) is 0 Å². The highest BCUT2D eigenvalue weighted by molar-refractivity contribution is 6.08. The summed E-state index contributed by atoms with van der Waals surface area (Å²) < 4.78 is 97.9. The van der Waals surface area contributed by atoms with Gasteiger partial charge in [0.15, 0.2) is 68.8 Å². The van der Waals surface area contributed by atoms with E-state index >= 15 is 0 Å². The van der Waals surface area contributed by atoms with Crippen molar-refractivity contribution >= 4 is 90.8 Å². The third-order valence-electron chi connectivity index (χ3n) is 16.7. The number of aromatic nitrogens is 12. The van der Waals surface area contributed by atoms with E-state index in [9.17, 15) is 36.7 Å². The van der Waals surface area contributed by atoms with Crippen molar-refractivity contribution in [1.29, 1.82) is 15.8 Å². The Bertz CT molecular complexity index is 6570. The number of pyridine rings is 4. The smallest absolute Gasteiger partial charge is 0.281 e. The van der Waals surface area contributed by atoms with Gasteiger partial charge in [0.25, 0.3) is 47.1 Å². The summed E-state index contributed by atoms with van der Waals surface area (Å²) in [5.74, 6) is -2.98. The summed E-state index contributed by atoms with van der Waals surface area (Å²) >= 11 is 0. The predicted octanol–water partition coefficient (Wildman–Crippen LogP) is 16.5. The summed E-state index contributed by atoms with van der Waals surface area (Å²) in [6.45, 7) is 0. The second-order valence-electron chi connectivity index (χ2n) is 24.7. The van der Waals surface area contributed by atoms with Crippen LogP contribution in [0.2, 0.25) is 0 Å². The maximum absolute atomic E-state index is 13.5. The van der Waals surface area contributed by atoms with Crippen LogP contribution >= 0.6 is 0 Å². The Morgan fingerprint density at radius 1 is 0.303 bits per heavy atom. The lowest BCUT2D eigenvalue weighted by Gasteiger charge is -2.13. The molecule has 0 radical (unpaired) electrons. The number of amides is 4. The van der Waals surface area contributed by atoms with E-state index in [-0.39, 0.29) is 110 Å². The van der Waals surface area contributed by atoms with Crippen LogP contribution in [0.1, 0.15) is 58.8 Å². The topological polar surface area (TPSA) is 416 Å². The van der Waals surface area contributed by atoms with Crippen LogP contribution in [-0.4, -0.2) is 112 Å². The number of ether oxygens (including phenoxy) is 8. The van der Waals surface area contributed by atoms with E-state index in [1.54, 1.807) is 128 Å². The zero-order valence-electron chi connectivity index (χ0n) is 63.8. The molecule has 600 valence electrons. The van der Waals surface area contributed by atoms with Crippen LogP contribution in [0.15, 0.2) is 249 Å². The van der Waals surface area contributed by atoms with Gasteiger partial charge in [-0.15, -0.1) is 0 Å². The number of methoxy groups -OCH3 is 4. The van der Waals surface area contributed by atoms with Gasteiger partial charge in [-0.2, -0.15) is 15.8 Å². The van der Waals surface area contributed by atoms with Gasteiger partial charge in [-0.25, -0.2) is 72.4 Å². The molecule has 0 spiro atoms. The number of fused-ring (bicyclic) bond motifs is 4. The first-order valence-electron chi connectivity index (χ1n) is 35.7. The Hall–Kier alpha value is -17.8. The lowest BCUT2D eigenvalue weighted by atomic mass is 10.2. The Labute approximate surface area is 687 Å². The van der Waals surface area contributed by atoms with Crippen LogP contribution in [0.3, 0.4) is 0 Å². The van der Waals surface area contributed by atoms with Crippen molar-refractivity contribution in [1.82, 2.24) is 59.8 Å². The molecule has 4 N–H and O–H groups in total. The van der Waals surface area contributed by atoms with Crippen molar-refractivity contribution in [3.63, 3.8) is 0 Å². The maximum Gasteiger partial charge on any atom is 0.281 e. The molecule has 16 rings (SSSR count). The highest BCUT2D eigenvalue weighted by Gasteiger charge is 2.27. The average molecular weight is 1640 g/mol. The Kier molecular flexibility index (Phi) is 26.0. The fourth-order valence-electron chi connectivity index (χ4n) is 10.9. The number of nitrogens with zero attached hydrogens (tertiary/aromatic N) is 15. The lowest BCUT2D eigenvalue weighted by molar-refractivity contribution is 0.101. The molecule has 0 fully saturated rings. The number of rotatable bonds is 20. The van der Waals surface area contributed by atoms with Crippen molar-refractivity contribution < 1.29 is 74.6 Å². The predicted molar refractivity (Wildman–Crippen MR) is 433 cm³/mol. The number of hydrogen-bond donors (Lipinski definition) is 4. The highest BCUT2D eigenvalue weighted by Crippen LogP contribution is 2.39.